The molecular formula is C18H20N2O5S. The third-order valence-corrected chi connectivity index (χ3v) is 6.28. The van der Waals surface area contributed by atoms with Gasteiger partial charge in [-0.15, -0.1) is 0 Å². The van der Waals surface area contributed by atoms with Crippen LogP contribution < -0.4 is 4.31 Å². The van der Waals surface area contributed by atoms with Crippen LogP contribution in [-0.2, 0) is 24.3 Å². The summed E-state index contributed by atoms with van der Waals surface area (Å²) in [6, 6.07) is 10.2. The van der Waals surface area contributed by atoms with E-state index in [0.717, 1.165) is 9.69 Å². The van der Waals surface area contributed by atoms with Crippen molar-refractivity contribution < 1.29 is 22.7 Å². The van der Waals surface area contributed by atoms with Crippen LogP contribution in [0.1, 0.15) is 13.8 Å². The molecular weight excluding hydrogens is 356 g/mol. The van der Waals surface area contributed by atoms with Crippen molar-refractivity contribution in [3.63, 3.8) is 0 Å². The van der Waals surface area contributed by atoms with E-state index in [4.69, 9.17) is 4.74 Å². The molecule has 0 aromatic heterocycles. The van der Waals surface area contributed by atoms with Gasteiger partial charge in [0.1, 0.15) is 6.54 Å². The number of carbonyl (C=O) groups is 2. The van der Waals surface area contributed by atoms with Gasteiger partial charge in [0.15, 0.2) is 6.61 Å². The number of hydrogen-bond donors (Lipinski definition) is 0. The average molecular weight is 376 g/mol. The quantitative estimate of drug-likeness (QED) is 0.743. The van der Waals surface area contributed by atoms with E-state index in [1.54, 1.807) is 25.2 Å². The summed E-state index contributed by atoms with van der Waals surface area (Å²) >= 11 is 0. The van der Waals surface area contributed by atoms with Crippen LogP contribution in [0.15, 0.2) is 41.3 Å². The molecule has 0 saturated carbocycles. The van der Waals surface area contributed by atoms with Gasteiger partial charge in [-0.2, -0.15) is 0 Å². The molecule has 0 unspecified atom stereocenters. The number of rotatable bonds is 5. The topological polar surface area (TPSA) is 84.0 Å². The Morgan fingerprint density at radius 1 is 1.15 bits per heavy atom. The second-order valence-corrected chi connectivity index (χ2v) is 8.23. The maximum absolute atomic E-state index is 12.8. The number of amides is 1. The molecule has 8 heteroatoms. The van der Waals surface area contributed by atoms with E-state index in [0.29, 0.717) is 11.1 Å². The highest BCUT2D eigenvalue weighted by atomic mass is 32.2. The fourth-order valence-electron chi connectivity index (χ4n) is 2.82. The summed E-state index contributed by atoms with van der Waals surface area (Å²) in [5.74, 6) is -1.12. The normalized spacial score (nSPS) is 14.7. The van der Waals surface area contributed by atoms with Crippen molar-refractivity contribution in [2.75, 3.05) is 24.5 Å². The number of esters is 1. The second-order valence-electron chi connectivity index (χ2n) is 6.40. The molecule has 3 rings (SSSR count). The number of carbonyl (C=O) groups excluding carboxylic acids is 2. The van der Waals surface area contributed by atoms with Gasteiger partial charge >= 0.3 is 5.97 Å². The highest BCUT2D eigenvalue weighted by molar-refractivity contribution is 7.93. The van der Waals surface area contributed by atoms with E-state index < -0.39 is 29.1 Å². The summed E-state index contributed by atoms with van der Waals surface area (Å²) in [7, 11) is -2.21. The third-order valence-electron chi connectivity index (χ3n) is 4.48. The van der Waals surface area contributed by atoms with Gasteiger partial charge in [-0.25, -0.2) is 8.42 Å². The van der Waals surface area contributed by atoms with Crippen LogP contribution in [0.3, 0.4) is 0 Å². The van der Waals surface area contributed by atoms with Gasteiger partial charge in [0.05, 0.1) is 10.6 Å². The van der Waals surface area contributed by atoms with Gasteiger partial charge in [-0.05, 0) is 31.4 Å². The van der Waals surface area contributed by atoms with Gasteiger partial charge < -0.3 is 9.64 Å². The molecule has 0 spiro atoms. The molecule has 138 valence electrons. The first kappa shape index (κ1) is 18.2. The summed E-state index contributed by atoms with van der Waals surface area (Å²) in [6.45, 7) is 2.79. The van der Waals surface area contributed by atoms with Crippen molar-refractivity contribution in [2.45, 2.75) is 24.8 Å². The van der Waals surface area contributed by atoms with Crippen molar-refractivity contribution in [3.8, 4) is 0 Å². The Bertz CT molecular complexity index is 979. The van der Waals surface area contributed by atoms with Crippen molar-refractivity contribution >= 4 is 38.4 Å². The molecule has 7 nitrogen and oxygen atoms in total. The zero-order valence-corrected chi connectivity index (χ0v) is 15.6. The molecule has 1 aliphatic heterocycles. The summed E-state index contributed by atoms with van der Waals surface area (Å²) in [5, 5.41) is 1.38. The van der Waals surface area contributed by atoms with Crippen LogP contribution in [0.5, 0.6) is 0 Å². The molecule has 0 bridgehead atoms. The zero-order valence-electron chi connectivity index (χ0n) is 14.8. The Balaban J connectivity index is 1.78. The molecule has 0 fully saturated rings. The van der Waals surface area contributed by atoms with Gasteiger partial charge in [0.2, 0.25) is 0 Å². The van der Waals surface area contributed by atoms with Crippen LogP contribution in [0, 0.1) is 0 Å². The lowest BCUT2D eigenvalue weighted by atomic mass is 10.1. The van der Waals surface area contributed by atoms with Crippen molar-refractivity contribution in [1.29, 1.82) is 0 Å². The Labute approximate surface area is 152 Å². The van der Waals surface area contributed by atoms with E-state index in [9.17, 15) is 18.0 Å². The first-order valence-electron chi connectivity index (χ1n) is 8.19. The van der Waals surface area contributed by atoms with E-state index in [2.05, 4.69) is 0 Å². The van der Waals surface area contributed by atoms with Gasteiger partial charge in [0, 0.05) is 18.5 Å². The molecule has 1 aliphatic rings. The van der Waals surface area contributed by atoms with Crippen LogP contribution >= 0.6 is 0 Å². The maximum atomic E-state index is 12.8. The summed E-state index contributed by atoms with van der Waals surface area (Å²) in [4.78, 5) is 25.7. The van der Waals surface area contributed by atoms with E-state index in [-0.39, 0.29) is 16.8 Å². The number of anilines is 1. The maximum Gasteiger partial charge on any atom is 0.327 e. The predicted octanol–water partition coefficient (Wildman–Crippen LogP) is 1.76. The van der Waals surface area contributed by atoms with Crippen LogP contribution in [-0.4, -0.2) is 51.4 Å². The third kappa shape index (κ3) is 3.01. The molecule has 1 amide bonds. The van der Waals surface area contributed by atoms with Crippen LogP contribution in [0.2, 0.25) is 0 Å². The molecule has 0 saturated heterocycles. The van der Waals surface area contributed by atoms with Gasteiger partial charge in [-0.1, -0.05) is 24.3 Å². The molecule has 0 atom stereocenters. The van der Waals surface area contributed by atoms with Gasteiger partial charge in [-0.3, -0.25) is 13.9 Å². The molecule has 0 aliphatic carbocycles. The number of benzene rings is 2. The smallest absolute Gasteiger partial charge is 0.327 e. The van der Waals surface area contributed by atoms with E-state index >= 15 is 0 Å². The average Bonchev–Trinajstić information content (AvgIpc) is 2.82. The lowest BCUT2D eigenvalue weighted by Crippen LogP contribution is -2.38. The van der Waals surface area contributed by atoms with Crippen molar-refractivity contribution in [1.82, 2.24) is 4.90 Å². The van der Waals surface area contributed by atoms with Gasteiger partial charge in [0.25, 0.3) is 15.9 Å². The largest absolute Gasteiger partial charge is 0.454 e. The minimum Gasteiger partial charge on any atom is -0.454 e. The number of hydrogen-bond acceptors (Lipinski definition) is 5. The Morgan fingerprint density at radius 2 is 1.81 bits per heavy atom. The standard InChI is InChI=1S/C18H20N2O5S/c1-12(2)19(3)16(21)11-25-17(22)10-20-14-8-4-6-13-7-5-9-15(18(13)14)26(20,23)24/h4-9,12H,10-11H2,1-3H3. The van der Waals surface area contributed by atoms with Crippen molar-refractivity contribution in [2.24, 2.45) is 0 Å². The number of likely N-dealkylation sites (N-methyl/N-ethyl adjacent to an activating group) is 1. The molecule has 2 aromatic rings. The first-order chi connectivity index (χ1) is 12.2. The highest BCUT2D eigenvalue weighted by Crippen LogP contribution is 2.41. The van der Waals surface area contributed by atoms with Crippen molar-refractivity contribution in [3.05, 3.63) is 36.4 Å². The molecule has 0 radical (unpaired) electrons. The zero-order chi connectivity index (χ0) is 19.1. The Kier molecular flexibility index (Phi) is 4.62. The fourth-order valence-corrected chi connectivity index (χ4v) is 4.48. The summed E-state index contributed by atoms with van der Waals surface area (Å²) in [5.41, 5.74) is 0.445. The lowest BCUT2D eigenvalue weighted by Gasteiger charge is -2.22. The second kappa shape index (κ2) is 6.60. The number of ether oxygens (including phenoxy) is 1. The minimum atomic E-state index is -3.82. The SMILES string of the molecule is CC(C)N(C)C(=O)COC(=O)CN1c2cccc3cccc(c23)S1(=O)=O. The fraction of sp³-hybridized carbons (Fsp3) is 0.333. The lowest BCUT2D eigenvalue weighted by molar-refractivity contribution is -0.150. The summed E-state index contributed by atoms with van der Waals surface area (Å²) in [6.07, 6.45) is 0. The van der Waals surface area contributed by atoms with E-state index in [1.165, 1.54) is 11.0 Å². The highest BCUT2D eigenvalue weighted by Gasteiger charge is 2.37. The Morgan fingerprint density at radius 3 is 2.46 bits per heavy atom. The molecule has 1 heterocycles. The van der Waals surface area contributed by atoms with Crippen LogP contribution in [0.25, 0.3) is 10.8 Å². The predicted molar refractivity (Wildman–Crippen MR) is 97.3 cm³/mol. The monoisotopic (exact) mass is 376 g/mol. The molecule has 0 N–H and O–H groups in total. The molecule has 26 heavy (non-hydrogen) atoms. The summed E-state index contributed by atoms with van der Waals surface area (Å²) < 4.78 is 31.6. The van der Waals surface area contributed by atoms with Crippen LogP contribution in [0.4, 0.5) is 5.69 Å². The Hall–Kier alpha value is -2.61. The minimum absolute atomic E-state index is 0.0211. The first-order valence-corrected chi connectivity index (χ1v) is 9.63. The molecule has 2 aromatic carbocycles. The number of sulfonamides is 1. The number of nitrogens with zero attached hydrogens (tertiary/aromatic N) is 2. The van der Waals surface area contributed by atoms with E-state index in [1.807, 2.05) is 26.0 Å².